The molecule has 0 radical (unpaired) electrons. The Morgan fingerprint density at radius 1 is 1.16 bits per heavy atom. The van der Waals surface area contributed by atoms with Crippen LogP contribution in [0.25, 0.3) is 0 Å². The Morgan fingerprint density at radius 3 is 2.53 bits per heavy atom. The standard InChI is InChI=1S/C15H13FN2O/c16-12-6-2-1-5-11(12)15(8-9-15)14(19)18-13-7-3-4-10-17-13/h1-7,10H,8-9H2,(H,17,18,19). The lowest BCUT2D eigenvalue weighted by Crippen LogP contribution is -2.29. The summed E-state index contributed by atoms with van der Waals surface area (Å²) in [6, 6.07) is 11.8. The molecule has 1 aliphatic carbocycles. The molecule has 0 unspecified atom stereocenters. The van der Waals surface area contributed by atoms with Gasteiger partial charge >= 0.3 is 0 Å². The Kier molecular flexibility index (Phi) is 2.78. The van der Waals surface area contributed by atoms with Crippen LogP contribution in [0.3, 0.4) is 0 Å². The molecule has 0 saturated heterocycles. The summed E-state index contributed by atoms with van der Waals surface area (Å²) in [5, 5.41) is 2.75. The zero-order chi connectivity index (χ0) is 13.3. The molecule has 3 rings (SSSR count). The van der Waals surface area contributed by atoms with Gasteiger partial charge in [-0.15, -0.1) is 0 Å². The summed E-state index contributed by atoms with van der Waals surface area (Å²) < 4.78 is 13.8. The van der Waals surface area contributed by atoms with E-state index in [-0.39, 0.29) is 11.7 Å². The van der Waals surface area contributed by atoms with E-state index in [2.05, 4.69) is 10.3 Å². The first kappa shape index (κ1) is 11.8. The van der Waals surface area contributed by atoms with Gasteiger partial charge < -0.3 is 5.32 Å². The van der Waals surface area contributed by atoms with Crippen molar-refractivity contribution in [3.05, 3.63) is 60.0 Å². The highest BCUT2D eigenvalue weighted by atomic mass is 19.1. The molecule has 1 heterocycles. The summed E-state index contributed by atoms with van der Waals surface area (Å²) in [5.41, 5.74) is -0.244. The molecule has 0 spiro atoms. The average Bonchev–Trinajstić information content (AvgIpc) is 3.22. The Balaban J connectivity index is 1.86. The van der Waals surface area contributed by atoms with E-state index in [0.29, 0.717) is 24.2 Å². The third-order valence-electron chi connectivity index (χ3n) is 3.48. The third-order valence-corrected chi connectivity index (χ3v) is 3.48. The average molecular weight is 256 g/mol. The first-order valence-corrected chi connectivity index (χ1v) is 6.20. The second-order valence-electron chi connectivity index (χ2n) is 4.73. The van der Waals surface area contributed by atoms with Gasteiger partial charge in [-0.05, 0) is 31.0 Å². The molecule has 4 heteroatoms. The highest BCUT2D eigenvalue weighted by molar-refractivity contribution is 6.00. The van der Waals surface area contributed by atoms with Gasteiger partial charge in [0, 0.05) is 11.8 Å². The van der Waals surface area contributed by atoms with Crippen LogP contribution >= 0.6 is 0 Å². The number of amides is 1. The van der Waals surface area contributed by atoms with E-state index in [0.717, 1.165) is 0 Å². The number of carbonyl (C=O) groups excluding carboxylic acids is 1. The number of nitrogens with one attached hydrogen (secondary N) is 1. The van der Waals surface area contributed by atoms with Gasteiger partial charge in [0.05, 0.1) is 5.41 Å². The molecule has 0 bridgehead atoms. The second-order valence-corrected chi connectivity index (χ2v) is 4.73. The summed E-state index contributed by atoms with van der Waals surface area (Å²) in [5.74, 6) is -0.0115. The molecular weight excluding hydrogens is 243 g/mol. The highest BCUT2D eigenvalue weighted by Crippen LogP contribution is 2.49. The molecule has 1 aromatic heterocycles. The first-order chi connectivity index (χ1) is 9.22. The van der Waals surface area contributed by atoms with Gasteiger partial charge in [-0.25, -0.2) is 9.37 Å². The highest BCUT2D eigenvalue weighted by Gasteiger charge is 2.52. The van der Waals surface area contributed by atoms with E-state index < -0.39 is 5.41 Å². The first-order valence-electron chi connectivity index (χ1n) is 6.20. The molecule has 1 amide bonds. The van der Waals surface area contributed by atoms with Gasteiger partial charge in [0.25, 0.3) is 0 Å². The number of pyridine rings is 1. The fraction of sp³-hybridized carbons (Fsp3) is 0.200. The van der Waals surface area contributed by atoms with Gasteiger partial charge in [-0.2, -0.15) is 0 Å². The Labute approximate surface area is 110 Å². The lowest BCUT2D eigenvalue weighted by Gasteiger charge is -2.15. The van der Waals surface area contributed by atoms with E-state index in [4.69, 9.17) is 0 Å². The van der Waals surface area contributed by atoms with Gasteiger partial charge in [0.15, 0.2) is 0 Å². The second kappa shape index (κ2) is 4.46. The Bertz CT molecular complexity index is 609. The molecular formula is C15H13FN2O. The van der Waals surface area contributed by atoms with Crippen molar-refractivity contribution in [3.63, 3.8) is 0 Å². The number of rotatable bonds is 3. The Morgan fingerprint density at radius 2 is 1.89 bits per heavy atom. The van der Waals surface area contributed by atoms with Crippen LogP contribution in [0.15, 0.2) is 48.7 Å². The van der Waals surface area contributed by atoms with Crippen LogP contribution in [0.1, 0.15) is 18.4 Å². The number of nitrogens with zero attached hydrogens (tertiary/aromatic N) is 1. The van der Waals surface area contributed by atoms with Crippen LogP contribution in [0.4, 0.5) is 10.2 Å². The minimum Gasteiger partial charge on any atom is -0.310 e. The monoisotopic (exact) mass is 256 g/mol. The number of hydrogen-bond donors (Lipinski definition) is 1. The van der Waals surface area contributed by atoms with Crippen molar-refractivity contribution < 1.29 is 9.18 Å². The molecule has 2 aromatic rings. The fourth-order valence-electron chi connectivity index (χ4n) is 2.27. The smallest absolute Gasteiger partial charge is 0.236 e. The van der Waals surface area contributed by atoms with E-state index in [9.17, 15) is 9.18 Å². The number of aromatic nitrogens is 1. The number of carbonyl (C=O) groups is 1. The predicted octanol–water partition coefficient (Wildman–Crippen LogP) is 2.89. The predicted molar refractivity (Wildman–Crippen MR) is 70.2 cm³/mol. The fourth-order valence-corrected chi connectivity index (χ4v) is 2.27. The zero-order valence-electron chi connectivity index (χ0n) is 10.3. The maximum atomic E-state index is 13.8. The molecule has 19 heavy (non-hydrogen) atoms. The number of halogens is 1. The molecule has 1 saturated carbocycles. The van der Waals surface area contributed by atoms with Gasteiger partial charge in [0.2, 0.25) is 5.91 Å². The topological polar surface area (TPSA) is 42.0 Å². The third kappa shape index (κ3) is 2.10. The maximum absolute atomic E-state index is 13.8. The molecule has 1 N–H and O–H groups in total. The summed E-state index contributed by atoms with van der Waals surface area (Å²) >= 11 is 0. The summed E-state index contributed by atoms with van der Waals surface area (Å²) in [6.45, 7) is 0. The maximum Gasteiger partial charge on any atom is 0.236 e. The number of anilines is 1. The summed E-state index contributed by atoms with van der Waals surface area (Å²) in [7, 11) is 0. The SMILES string of the molecule is O=C(Nc1ccccn1)C1(c2ccccc2F)CC1. The molecule has 0 atom stereocenters. The van der Waals surface area contributed by atoms with Crippen LogP contribution in [0, 0.1) is 5.82 Å². The van der Waals surface area contributed by atoms with E-state index >= 15 is 0 Å². The van der Waals surface area contributed by atoms with Crippen molar-refractivity contribution in [3.8, 4) is 0 Å². The van der Waals surface area contributed by atoms with E-state index in [1.54, 1.807) is 42.6 Å². The van der Waals surface area contributed by atoms with E-state index in [1.807, 2.05) is 0 Å². The molecule has 1 aromatic carbocycles. The lowest BCUT2D eigenvalue weighted by atomic mass is 9.94. The van der Waals surface area contributed by atoms with Crippen molar-refractivity contribution in [2.45, 2.75) is 18.3 Å². The van der Waals surface area contributed by atoms with Crippen molar-refractivity contribution in [1.82, 2.24) is 4.98 Å². The number of hydrogen-bond acceptors (Lipinski definition) is 2. The lowest BCUT2D eigenvalue weighted by molar-refractivity contribution is -0.118. The quantitative estimate of drug-likeness (QED) is 0.917. The van der Waals surface area contributed by atoms with E-state index in [1.165, 1.54) is 6.07 Å². The van der Waals surface area contributed by atoms with Crippen molar-refractivity contribution >= 4 is 11.7 Å². The largest absolute Gasteiger partial charge is 0.310 e. The van der Waals surface area contributed by atoms with Crippen LogP contribution in [0.5, 0.6) is 0 Å². The van der Waals surface area contributed by atoms with Crippen LogP contribution in [-0.2, 0) is 10.2 Å². The van der Waals surface area contributed by atoms with Gasteiger partial charge in [0.1, 0.15) is 11.6 Å². The normalized spacial score (nSPS) is 15.8. The minimum absolute atomic E-state index is 0.184. The molecule has 1 aliphatic rings. The molecule has 3 nitrogen and oxygen atoms in total. The van der Waals surface area contributed by atoms with Crippen LogP contribution in [-0.4, -0.2) is 10.9 Å². The van der Waals surface area contributed by atoms with Crippen molar-refractivity contribution in [2.75, 3.05) is 5.32 Å². The molecule has 0 aliphatic heterocycles. The van der Waals surface area contributed by atoms with Crippen LogP contribution in [0.2, 0.25) is 0 Å². The Hall–Kier alpha value is -2.23. The summed E-state index contributed by atoms with van der Waals surface area (Å²) in [4.78, 5) is 16.4. The van der Waals surface area contributed by atoms with Crippen molar-refractivity contribution in [2.24, 2.45) is 0 Å². The van der Waals surface area contributed by atoms with Gasteiger partial charge in [-0.3, -0.25) is 4.79 Å². The zero-order valence-corrected chi connectivity index (χ0v) is 10.3. The number of benzene rings is 1. The molecule has 1 fully saturated rings. The van der Waals surface area contributed by atoms with Crippen molar-refractivity contribution in [1.29, 1.82) is 0 Å². The van der Waals surface area contributed by atoms with Gasteiger partial charge in [-0.1, -0.05) is 24.3 Å². The van der Waals surface area contributed by atoms with Crippen LogP contribution < -0.4 is 5.32 Å². The summed E-state index contributed by atoms with van der Waals surface area (Å²) in [6.07, 6.45) is 2.96. The molecule has 96 valence electrons. The minimum atomic E-state index is -0.719.